The van der Waals surface area contributed by atoms with Crippen LogP contribution in [0.1, 0.15) is 57.4 Å². The van der Waals surface area contributed by atoms with Crippen molar-refractivity contribution < 1.29 is 26.8 Å². The summed E-state index contributed by atoms with van der Waals surface area (Å²) >= 11 is 6.36. The number of carbonyl (C=O) groups excluding carboxylic acids is 2. The molecule has 0 radical (unpaired) electrons. The van der Waals surface area contributed by atoms with Crippen LogP contribution in [0, 0.1) is 11.6 Å². The van der Waals surface area contributed by atoms with E-state index < -0.39 is 27.7 Å². The second kappa shape index (κ2) is 13.4. The number of nitrogens with one attached hydrogen (secondary N) is 1. The van der Waals surface area contributed by atoms with Crippen molar-refractivity contribution >= 4 is 39.1 Å². The van der Waals surface area contributed by atoms with Gasteiger partial charge in [-0.3, -0.25) is 13.9 Å². The Hall–Kier alpha value is -2.72. The molecule has 0 aromatic heterocycles. The maximum Gasteiger partial charge on any atom is 0.243 e. The Bertz CT molecular complexity index is 1240. The lowest BCUT2D eigenvalue weighted by Gasteiger charge is -2.32. The summed E-state index contributed by atoms with van der Waals surface area (Å²) < 4.78 is 52.8. The van der Waals surface area contributed by atoms with Crippen LogP contribution in [0.2, 0.25) is 5.02 Å². The summed E-state index contributed by atoms with van der Waals surface area (Å²) in [6.07, 6.45) is 5.31. The van der Waals surface area contributed by atoms with Crippen LogP contribution in [0.3, 0.4) is 0 Å². The zero-order chi connectivity index (χ0) is 27.9. The van der Waals surface area contributed by atoms with Crippen LogP contribution in [0.5, 0.6) is 0 Å². The number of amides is 2. The lowest BCUT2D eigenvalue weighted by atomic mass is 10.1. The number of anilines is 1. The molecule has 1 atom stereocenters. The molecule has 0 spiro atoms. The lowest BCUT2D eigenvalue weighted by molar-refractivity contribution is -0.141. The van der Waals surface area contributed by atoms with Gasteiger partial charge in [-0.1, -0.05) is 49.6 Å². The van der Waals surface area contributed by atoms with Gasteiger partial charge in [0, 0.05) is 36.6 Å². The first kappa shape index (κ1) is 29.8. The zero-order valence-electron chi connectivity index (χ0n) is 21.6. The number of carbonyl (C=O) groups is 2. The lowest BCUT2D eigenvalue weighted by Crippen LogP contribution is -2.51. The fourth-order valence-corrected chi connectivity index (χ4v) is 5.89. The van der Waals surface area contributed by atoms with E-state index in [4.69, 9.17) is 11.6 Å². The van der Waals surface area contributed by atoms with Crippen LogP contribution in [0.15, 0.2) is 42.5 Å². The highest BCUT2D eigenvalue weighted by Crippen LogP contribution is 2.24. The fraction of sp³-hybridized carbons (Fsp3) is 0.481. The molecule has 2 amide bonds. The second-order valence-corrected chi connectivity index (χ2v) is 11.9. The molecule has 1 saturated carbocycles. The summed E-state index contributed by atoms with van der Waals surface area (Å²) in [5.74, 6) is -2.82. The minimum absolute atomic E-state index is 0.0332. The summed E-state index contributed by atoms with van der Waals surface area (Å²) in [6.45, 7) is 1.83. The number of hydrogen-bond acceptors (Lipinski definition) is 4. The van der Waals surface area contributed by atoms with E-state index in [9.17, 15) is 26.8 Å². The minimum atomic E-state index is -3.83. The van der Waals surface area contributed by atoms with Gasteiger partial charge in [-0.2, -0.15) is 0 Å². The average molecular weight is 570 g/mol. The first-order valence-electron chi connectivity index (χ1n) is 12.8. The SMILES string of the molecule is CC[C@H](C(=O)NC1CCCC1)N(Cc1ccccc1Cl)C(=O)CCCN(c1ccc(F)c(F)c1)S(C)(=O)=O. The number of halogens is 3. The second-order valence-electron chi connectivity index (χ2n) is 9.56. The molecule has 0 unspecified atom stereocenters. The monoisotopic (exact) mass is 569 g/mol. The van der Waals surface area contributed by atoms with Gasteiger partial charge in [0.1, 0.15) is 6.04 Å². The molecule has 1 N–H and O–H groups in total. The maximum absolute atomic E-state index is 13.8. The Morgan fingerprint density at radius 2 is 1.79 bits per heavy atom. The van der Waals surface area contributed by atoms with Crippen LogP contribution in [0.25, 0.3) is 0 Å². The number of rotatable bonds is 12. The van der Waals surface area contributed by atoms with E-state index >= 15 is 0 Å². The molecule has 0 aliphatic heterocycles. The van der Waals surface area contributed by atoms with E-state index in [2.05, 4.69) is 5.32 Å². The summed E-state index contributed by atoms with van der Waals surface area (Å²) in [7, 11) is -3.83. The Balaban J connectivity index is 1.77. The molecule has 0 bridgehead atoms. The van der Waals surface area contributed by atoms with Gasteiger partial charge in [0.05, 0.1) is 11.9 Å². The molecule has 1 fully saturated rings. The van der Waals surface area contributed by atoms with Crippen LogP contribution in [0.4, 0.5) is 14.5 Å². The third-order valence-electron chi connectivity index (χ3n) is 6.73. The van der Waals surface area contributed by atoms with Crippen molar-refractivity contribution in [2.24, 2.45) is 0 Å². The number of hydrogen-bond donors (Lipinski definition) is 1. The van der Waals surface area contributed by atoms with Crippen LogP contribution >= 0.6 is 11.6 Å². The molecule has 3 rings (SSSR count). The highest BCUT2D eigenvalue weighted by atomic mass is 35.5. The Morgan fingerprint density at radius 3 is 2.39 bits per heavy atom. The molecule has 1 aliphatic rings. The van der Waals surface area contributed by atoms with Crippen molar-refractivity contribution in [1.29, 1.82) is 0 Å². The normalized spacial score (nSPS) is 14.8. The van der Waals surface area contributed by atoms with Gasteiger partial charge in [0.25, 0.3) is 0 Å². The van der Waals surface area contributed by atoms with Crippen molar-refractivity contribution in [3.8, 4) is 0 Å². The highest BCUT2D eigenvalue weighted by Gasteiger charge is 2.31. The van der Waals surface area contributed by atoms with Crippen molar-refractivity contribution in [3.05, 3.63) is 64.7 Å². The third-order valence-corrected chi connectivity index (χ3v) is 8.29. The topological polar surface area (TPSA) is 86.8 Å². The predicted molar refractivity (Wildman–Crippen MR) is 144 cm³/mol. The average Bonchev–Trinajstić information content (AvgIpc) is 3.37. The van der Waals surface area contributed by atoms with Gasteiger partial charge in [0.2, 0.25) is 21.8 Å². The van der Waals surface area contributed by atoms with E-state index in [0.717, 1.165) is 48.4 Å². The molecule has 2 aromatic rings. The van der Waals surface area contributed by atoms with Gasteiger partial charge in [-0.15, -0.1) is 0 Å². The van der Waals surface area contributed by atoms with E-state index in [1.165, 1.54) is 11.0 Å². The molecule has 1 aliphatic carbocycles. The first-order valence-corrected chi connectivity index (χ1v) is 15.0. The van der Waals surface area contributed by atoms with Crippen molar-refractivity contribution in [2.75, 3.05) is 17.1 Å². The molecule has 2 aromatic carbocycles. The molecule has 7 nitrogen and oxygen atoms in total. The number of nitrogens with zero attached hydrogens (tertiary/aromatic N) is 2. The minimum Gasteiger partial charge on any atom is -0.352 e. The van der Waals surface area contributed by atoms with Crippen LogP contribution in [-0.2, 0) is 26.2 Å². The highest BCUT2D eigenvalue weighted by molar-refractivity contribution is 7.92. The third kappa shape index (κ3) is 7.89. The van der Waals surface area contributed by atoms with Gasteiger partial charge in [-0.05, 0) is 49.4 Å². The first-order chi connectivity index (χ1) is 18.0. The summed E-state index contributed by atoms with van der Waals surface area (Å²) in [5.41, 5.74) is 0.656. The maximum atomic E-state index is 13.8. The number of benzene rings is 2. The molecule has 0 heterocycles. The molecular weight excluding hydrogens is 536 g/mol. The van der Waals surface area contributed by atoms with E-state index in [1.54, 1.807) is 24.3 Å². The molecule has 0 saturated heterocycles. The van der Waals surface area contributed by atoms with Crippen molar-refractivity contribution in [1.82, 2.24) is 10.2 Å². The van der Waals surface area contributed by atoms with Gasteiger partial charge >= 0.3 is 0 Å². The predicted octanol–water partition coefficient (Wildman–Crippen LogP) is 5.03. The van der Waals surface area contributed by atoms with E-state index in [1.807, 2.05) is 6.92 Å². The Kier molecular flexibility index (Phi) is 10.5. The quantitative estimate of drug-likeness (QED) is 0.388. The summed E-state index contributed by atoms with van der Waals surface area (Å²) in [5, 5.41) is 3.54. The molecule has 11 heteroatoms. The molecular formula is C27H34ClF2N3O4S. The van der Waals surface area contributed by atoms with Crippen LogP contribution < -0.4 is 9.62 Å². The Morgan fingerprint density at radius 1 is 1.11 bits per heavy atom. The molecule has 208 valence electrons. The summed E-state index contributed by atoms with van der Waals surface area (Å²) in [4.78, 5) is 28.2. The molecule has 38 heavy (non-hydrogen) atoms. The van der Waals surface area contributed by atoms with Gasteiger partial charge in [-0.25, -0.2) is 17.2 Å². The van der Waals surface area contributed by atoms with E-state index in [-0.39, 0.29) is 49.5 Å². The number of sulfonamides is 1. The zero-order valence-corrected chi connectivity index (χ0v) is 23.2. The standard InChI is InChI=1S/C27H34ClF2N3O4S/c1-3-25(27(35)31-20-10-5-6-11-20)32(18-19-9-4-7-12-22(19)28)26(34)13-8-16-33(38(2,36)37)21-14-15-23(29)24(30)17-21/h4,7,9,12,14-15,17,20,25H,3,5-6,8,10-11,13,16,18H2,1-2H3,(H,31,35)/t25-/m1/s1. The summed E-state index contributed by atoms with van der Waals surface area (Å²) in [6, 6.07) is 9.28. The fourth-order valence-electron chi connectivity index (χ4n) is 4.74. The largest absolute Gasteiger partial charge is 0.352 e. The van der Waals surface area contributed by atoms with E-state index in [0.29, 0.717) is 17.0 Å². The smallest absolute Gasteiger partial charge is 0.243 e. The van der Waals surface area contributed by atoms with Gasteiger partial charge in [0.15, 0.2) is 11.6 Å². The Labute approximate surface area is 228 Å². The van der Waals surface area contributed by atoms with Gasteiger partial charge < -0.3 is 10.2 Å². The van der Waals surface area contributed by atoms with Crippen molar-refractivity contribution in [2.45, 2.75) is 70.5 Å². The van der Waals surface area contributed by atoms with Crippen molar-refractivity contribution in [3.63, 3.8) is 0 Å². The van der Waals surface area contributed by atoms with Crippen LogP contribution in [-0.4, -0.2) is 50.0 Å².